The Balaban J connectivity index is 2.28. The van der Waals surface area contributed by atoms with E-state index in [1.54, 1.807) is 24.3 Å². The lowest BCUT2D eigenvalue weighted by molar-refractivity contribution is -0.119. The molecule has 1 aromatic carbocycles. The minimum atomic E-state index is -0.757. The standard InChI is InChI=1S/C11H11N3O3S/c12-8(15)6-14(7-4-2-1-3-5-7)10-9(16)13-11(17)18-10/h1-5,10H,6H2,(H2,12,15)(H,13,16,17)/t10-/m0/s1. The Morgan fingerprint density at radius 1 is 1.33 bits per heavy atom. The summed E-state index contributed by atoms with van der Waals surface area (Å²) in [5, 5.41) is 1.00. The minimum absolute atomic E-state index is 0.123. The van der Waals surface area contributed by atoms with Crippen molar-refractivity contribution in [1.29, 1.82) is 0 Å². The van der Waals surface area contributed by atoms with Crippen LogP contribution in [0.25, 0.3) is 0 Å². The van der Waals surface area contributed by atoms with Gasteiger partial charge in [0.05, 0.1) is 6.54 Å². The van der Waals surface area contributed by atoms with E-state index in [-0.39, 0.29) is 6.54 Å². The maximum atomic E-state index is 11.6. The summed E-state index contributed by atoms with van der Waals surface area (Å²) in [7, 11) is 0. The Kier molecular flexibility index (Phi) is 3.52. The van der Waals surface area contributed by atoms with E-state index >= 15 is 0 Å². The van der Waals surface area contributed by atoms with Gasteiger partial charge in [-0.15, -0.1) is 0 Å². The Labute approximate surface area is 108 Å². The van der Waals surface area contributed by atoms with Gasteiger partial charge in [0.15, 0.2) is 5.37 Å². The molecule has 1 saturated heterocycles. The number of benzene rings is 1. The zero-order chi connectivity index (χ0) is 13.1. The number of thioether (sulfide) groups is 1. The summed E-state index contributed by atoms with van der Waals surface area (Å²) >= 11 is 0.837. The molecule has 0 radical (unpaired) electrons. The Morgan fingerprint density at radius 3 is 2.50 bits per heavy atom. The first-order valence-electron chi connectivity index (χ1n) is 5.19. The fourth-order valence-electron chi connectivity index (χ4n) is 1.65. The monoisotopic (exact) mass is 265 g/mol. The fraction of sp³-hybridized carbons (Fsp3) is 0.182. The van der Waals surface area contributed by atoms with Gasteiger partial charge < -0.3 is 10.6 Å². The number of primary amides is 1. The van der Waals surface area contributed by atoms with E-state index in [0.717, 1.165) is 11.8 Å². The molecule has 7 heteroatoms. The summed E-state index contributed by atoms with van der Waals surface area (Å²) in [4.78, 5) is 35.4. The molecular weight excluding hydrogens is 254 g/mol. The first-order valence-corrected chi connectivity index (χ1v) is 6.07. The van der Waals surface area contributed by atoms with Crippen molar-refractivity contribution in [1.82, 2.24) is 5.32 Å². The molecule has 1 aromatic rings. The lowest BCUT2D eigenvalue weighted by atomic mass is 10.2. The topological polar surface area (TPSA) is 92.5 Å². The molecule has 1 heterocycles. The van der Waals surface area contributed by atoms with Crippen molar-refractivity contribution in [2.75, 3.05) is 11.4 Å². The van der Waals surface area contributed by atoms with Crippen molar-refractivity contribution in [2.45, 2.75) is 5.37 Å². The molecule has 0 unspecified atom stereocenters. The van der Waals surface area contributed by atoms with Crippen molar-refractivity contribution in [3.8, 4) is 0 Å². The van der Waals surface area contributed by atoms with E-state index in [1.165, 1.54) is 4.90 Å². The van der Waals surface area contributed by atoms with Gasteiger partial charge in [-0.25, -0.2) is 0 Å². The first-order chi connectivity index (χ1) is 8.58. The molecule has 0 aliphatic carbocycles. The smallest absolute Gasteiger partial charge is 0.288 e. The zero-order valence-electron chi connectivity index (χ0n) is 9.33. The van der Waals surface area contributed by atoms with E-state index in [1.807, 2.05) is 6.07 Å². The van der Waals surface area contributed by atoms with Crippen LogP contribution in [0, 0.1) is 0 Å². The Hall–Kier alpha value is -2.02. The van der Waals surface area contributed by atoms with Crippen LogP contribution < -0.4 is 16.0 Å². The summed E-state index contributed by atoms with van der Waals surface area (Å²) in [5.74, 6) is -0.998. The van der Waals surface area contributed by atoms with Crippen LogP contribution in [0.2, 0.25) is 0 Å². The molecule has 94 valence electrons. The number of imide groups is 1. The minimum Gasteiger partial charge on any atom is -0.368 e. The number of amides is 3. The van der Waals surface area contributed by atoms with Gasteiger partial charge in [0.1, 0.15) is 0 Å². The molecule has 1 aliphatic rings. The molecule has 0 aromatic heterocycles. The van der Waals surface area contributed by atoms with Crippen LogP contribution in [0.15, 0.2) is 30.3 Å². The van der Waals surface area contributed by atoms with E-state index in [4.69, 9.17) is 5.73 Å². The predicted molar refractivity (Wildman–Crippen MR) is 67.9 cm³/mol. The highest BCUT2D eigenvalue weighted by Gasteiger charge is 2.37. The summed E-state index contributed by atoms with van der Waals surface area (Å²) in [6.07, 6.45) is 0. The van der Waals surface area contributed by atoms with Gasteiger partial charge >= 0.3 is 0 Å². The van der Waals surface area contributed by atoms with Crippen molar-refractivity contribution >= 4 is 34.5 Å². The highest BCUT2D eigenvalue weighted by molar-refractivity contribution is 8.15. The third-order valence-electron chi connectivity index (χ3n) is 2.37. The number of nitrogens with two attached hydrogens (primary N) is 1. The molecule has 0 bridgehead atoms. The van der Waals surface area contributed by atoms with Crippen molar-refractivity contribution < 1.29 is 14.4 Å². The van der Waals surface area contributed by atoms with Crippen molar-refractivity contribution in [3.63, 3.8) is 0 Å². The van der Waals surface area contributed by atoms with Gasteiger partial charge in [-0.05, 0) is 23.9 Å². The number of hydrogen-bond donors (Lipinski definition) is 2. The molecular formula is C11H11N3O3S. The van der Waals surface area contributed by atoms with Crippen LogP contribution in [0.5, 0.6) is 0 Å². The van der Waals surface area contributed by atoms with Crippen LogP contribution >= 0.6 is 11.8 Å². The van der Waals surface area contributed by atoms with E-state index in [0.29, 0.717) is 5.69 Å². The van der Waals surface area contributed by atoms with Crippen molar-refractivity contribution in [2.24, 2.45) is 5.73 Å². The average Bonchev–Trinajstić information content (AvgIpc) is 2.66. The number of hydrogen-bond acceptors (Lipinski definition) is 5. The van der Waals surface area contributed by atoms with Crippen LogP contribution in [0.1, 0.15) is 0 Å². The van der Waals surface area contributed by atoms with E-state index in [9.17, 15) is 14.4 Å². The predicted octanol–water partition coefficient (Wildman–Crippen LogP) is 0.287. The number of para-hydroxylation sites is 1. The highest BCUT2D eigenvalue weighted by Crippen LogP contribution is 2.27. The molecule has 3 N–H and O–H groups in total. The quantitative estimate of drug-likeness (QED) is 0.816. The number of nitrogens with one attached hydrogen (secondary N) is 1. The van der Waals surface area contributed by atoms with Crippen LogP contribution in [0.4, 0.5) is 10.5 Å². The van der Waals surface area contributed by atoms with Gasteiger partial charge in [0.25, 0.3) is 11.1 Å². The largest absolute Gasteiger partial charge is 0.368 e. The first kappa shape index (κ1) is 12.4. The molecule has 1 atom stereocenters. The number of rotatable bonds is 4. The van der Waals surface area contributed by atoms with Crippen molar-refractivity contribution in [3.05, 3.63) is 30.3 Å². The van der Waals surface area contributed by atoms with Crippen LogP contribution in [-0.4, -0.2) is 29.0 Å². The van der Waals surface area contributed by atoms with Gasteiger partial charge in [0, 0.05) is 5.69 Å². The second-order valence-electron chi connectivity index (χ2n) is 3.68. The molecule has 6 nitrogen and oxygen atoms in total. The molecule has 1 aliphatic heterocycles. The van der Waals surface area contributed by atoms with Crippen LogP contribution in [-0.2, 0) is 9.59 Å². The maximum absolute atomic E-state index is 11.6. The number of nitrogens with zero attached hydrogens (tertiary/aromatic N) is 1. The maximum Gasteiger partial charge on any atom is 0.288 e. The normalized spacial score (nSPS) is 18.6. The molecule has 0 saturated carbocycles. The molecule has 1 fully saturated rings. The summed E-state index contributed by atoms with van der Waals surface area (Å²) in [5.41, 5.74) is 5.84. The molecule has 3 amide bonds. The number of carbonyl (C=O) groups excluding carboxylic acids is 3. The van der Waals surface area contributed by atoms with Gasteiger partial charge in [0.2, 0.25) is 5.91 Å². The van der Waals surface area contributed by atoms with Crippen LogP contribution in [0.3, 0.4) is 0 Å². The summed E-state index contributed by atoms with van der Waals surface area (Å²) in [6, 6.07) is 8.88. The SMILES string of the molecule is NC(=O)CN(c1ccccc1)[C@H]1SC(=O)NC1=O. The second-order valence-corrected chi connectivity index (χ2v) is 4.73. The highest BCUT2D eigenvalue weighted by atomic mass is 32.2. The molecule has 2 rings (SSSR count). The van der Waals surface area contributed by atoms with E-state index in [2.05, 4.69) is 5.32 Å². The summed E-state index contributed by atoms with van der Waals surface area (Å²) in [6.45, 7) is -0.123. The Morgan fingerprint density at radius 2 is 2.00 bits per heavy atom. The fourth-order valence-corrected chi connectivity index (χ4v) is 2.50. The Bertz CT molecular complexity index is 492. The molecule has 0 spiro atoms. The lowest BCUT2D eigenvalue weighted by Crippen LogP contribution is -2.44. The third-order valence-corrected chi connectivity index (χ3v) is 3.37. The number of carbonyl (C=O) groups is 3. The zero-order valence-corrected chi connectivity index (χ0v) is 10.1. The van der Waals surface area contributed by atoms with E-state index < -0.39 is 22.4 Å². The third kappa shape index (κ3) is 2.62. The van der Waals surface area contributed by atoms with Gasteiger partial charge in [-0.3, -0.25) is 19.7 Å². The number of anilines is 1. The lowest BCUT2D eigenvalue weighted by Gasteiger charge is -2.26. The summed E-state index contributed by atoms with van der Waals surface area (Å²) < 4.78 is 0. The second kappa shape index (κ2) is 5.09. The van der Waals surface area contributed by atoms with Gasteiger partial charge in [-0.1, -0.05) is 18.2 Å². The van der Waals surface area contributed by atoms with Gasteiger partial charge in [-0.2, -0.15) is 0 Å². The average molecular weight is 265 g/mol. The molecule has 18 heavy (non-hydrogen) atoms.